The average molecular weight is 435 g/mol. The minimum Gasteiger partial charge on any atom is -0.493 e. The number of ether oxygens (including phenoxy) is 2. The van der Waals surface area contributed by atoms with Gasteiger partial charge in [0.2, 0.25) is 0 Å². The highest BCUT2D eigenvalue weighted by Crippen LogP contribution is 2.41. The Bertz CT molecular complexity index is 998. The van der Waals surface area contributed by atoms with Crippen molar-refractivity contribution in [2.75, 3.05) is 19.4 Å². The number of hydrogen-bond donors (Lipinski definition) is 1. The monoisotopic (exact) mass is 434 g/mol. The third-order valence-electron chi connectivity index (χ3n) is 5.15. The Kier molecular flexibility index (Phi) is 6.99. The molecule has 4 rings (SSSR count). The Hall–Kier alpha value is -3.12. The SMILES string of the molecule is COc1cc(C2SCCN2C(=O)NCc2ccccc2)ccc1OCc1ccccc1. The molecule has 0 saturated carbocycles. The summed E-state index contributed by atoms with van der Waals surface area (Å²) in [5.41, 5.74) is 3.21. The summed E-state index contributed by atoms with van der Waals surface area (Å²) >= 11 is 1.76. The number of nitrogens with zero attached hydrogens (tertiary/aromatic N) is 1. The number of benzene rings is 3. The van der Waals surface area contributed by atoms with Crippen LogP contribution in [0.25, 0.3) is 0 Å². The zero-order valence-corrected chi connectivity index (χ0v) is 18.3. The van der Waals surface area contributed by atoms with Crippen LogP contribution in [0.15, 0.2) is 78.9 Å². The Labute approximate surface area is 187 Å². The molecule has 0 bridgehead atoms. The van der Waals surface area contributed by atoms with E-state index in [1.54, 1.807) is 18.9 Å². The van der Waals surface area contributed by atoms with Crippen molar-refractivity contribution in [3.05, 3.63) is 95.6 Å². The van der Waals surface area contributed by atoms with E-state index >= 15 is 0 Å². The van der Waals surface area contributed by atoms with Gasteiger partial charge < -0.3 is 19.7 Å². The highest BCUT2D eigenvalue weighted by molar-refractivity contribution is 7.99. The molecule has 6 heteroatoms. The first-order valence-corrected chi connectivity index (χ1v) is 11.3. The number of rotatable bonds is 7. The molecule has 1 heterocycles. The molecule has 0 aliphatic carbocycles. The molecule has 1 fully saturated rings. The van der Waals surface area contributed by atoms with Crippen LogP contribution in [-0.2, 0) is 13.2 Å². The number of amides is 2. The molecule has 1 unspecified atom stereocenters. The second-order valence-corrected chi connectivity index (χ2v) is 8.43. The van der Waals surface area contributed by atoms with Crippen LogP contribution in [-0.4, -0.2) is 30.3 Å². The van der Waals surface area contributed by atoms with Gasteiger partial charge in [-0.1, -0.05) is 66.7 Å². The molecule has 1 N–H and O–H groups in total. The fourth-order valence-electron chi connectivity index (χ4n) is 3.52. The molecule has 2 amide bonds. The van der Waals surface area contributed by atoms with Gasteiger partial charge in [-0.3, -0.25) is 0 Å². The second-order valence-electron chi connectivity index (χ2n) is 7.25. The van der Waals surface area contributed by atoms with Crippen LogP contribution in [0, 0.1) is 0 Å². The average Bonchev–Trinajstić information content (AvgIpc) is 3.32. The first-order valence-electron chi connectivity index (χ1n) is 10.3. The van der Waals surface area contributed by atoms with Crippen molar-refractivity contribution in [1.82, 2.24) is 10.2 Å². The molecule has 31 heavy (non-hydrogen) atoms. The largest absolute Gasteiger partial charge is 0.493 e. The smallest absolute Gasteiger partial charge is 0.318 e. The van der Waals surface area contributed by atoms with Crippen LogP contribution in [0.2, 0.25) is 0 Å². The molecular formula is C25H26N2O3S. The van der Waals surface area contributed by atoms with Crippen LogP contribution in [0.4, 0.5) is 4.79 Å². The van der Waals surface area contributed by atoms with Gasteiger partial charge in [-0.2, -0.15) is 0 Å². The van der Waals surface area contributed by atoms with E-state index in [2.05, 4.69) is 5.32 Å². The number of carbonyl (C=O) groups is 1. The Balaban J connectivity index is 1.43. The van der Waals surface area contributed by atoms with E-state index in [0.717, 1.165) is 22.4 Å². The van der Waals surface area contributed by atoms with Crippen molar-refractivity contribution in [2.45, 2.75) is 18.5 Å². The van der Waals surface area contributed by atoms with Crippen molar-refractivity contribution in [1.29, 1.82) is 0 Å². The van der Waals surface area contributed by atoms with Crippen LogP contribution in [0.1, 0.15) is 22.1 Å². The summed E-state index contributed by atoms with van der Waals surface area (Å²) in [6.07, 6.45) is 0. The number of carbonyl (C=O) groups excluding carboxylic acids is 1. The molecular weight excluding hydrogens is 408 g/mol. The van der Waals surface area contributed by atoms with Crippen LogP contribution in [0.3, 0.4) is 0 Å². The lowest BCUT2D eigenvalue weighted by Gasteiger charge is -2.25. The summed E-state index contributed by atoms with van der Waals surface area (Å²) in [4.78, 5) is 14.7. The Morgan fingerprint density at radius 3 is 2.42 bits per heavy atom. The maximum atomic E-state index is 12.8. The van der Waals surface area contributed by atoms with Gasteiger partial charge in [-0.15, -0.1) is 11.8 Å². The number of hydrogen-bond acceptors (Lipinski definition) is 4. The normalized spacial score (nSPS) is 15.5. The van der Waals surface area contributed by atoms with Crippen molar-refractivity contribution in [3.63, 3.8) is 0 Å². The van der Waals surface area contributed by atoms with Gasteiger partial charge in [-0.05, 0) is 28.8 Å². The molecule has 5 nitrogen and oxygen atoms in total. The van der Waals surface area contributed by atoms with Gasteiger partial charge in [0.15, 0.2) is 11.5 Å². The van der Waals surface area contributed by atoms with Crippen LogP contribution >= 0.6 is 11.8 Å². The van der Waals surface area contributed by atoms with Crippen molar-refractivity contribution >= 4 is 17.8 Å². The lowest BCUT2D eigenvalue weighted by atomic mass is 10.1. The fraction of sp³-hybridized carbons (Fsp3) is 0.240. The summed E-state index contributed by atoms with van der Waals surface area (Å²) in [6, 6.07) is 25.8. The Morgan fingerprint density at radius 2 is 1.71 bits per heavy atom. The summed E-state index contributed by atoms with van der Waals surface area (Å²) in [5.74, 6) is 2.27. The third kappa shape index (κ3) is 5.33. The fourth-order valence-corrected chi connectivity index (χ4v) is 4.77. The maximum Gasteiger partial charge on any atom is 0.318 e. The number of urea groups is 1. The van der Waals surface area contributed by atoms with E-state index in [9.17, 15) is 4.79 Å². The molecule has 1 aliphatic rings. The van der Waals surface area contributed by atoms with Gasteiger partial charge in [0.05, 0.1) is 7.11 Å². The van der Waals surface area contributed by atoms with Crippen LogP contribution < -0.4 is 14.8 Å². The predicted octanol–water partition coefficient (Wildman–Crippen LogP) is 5.23. The van der Waals surface area contributed by atoms with Gasteiger partial charge in [-0.25, -0.2) is 4.79 Å². The molecule has 3 aromatic rings. The molecule has 0 spiro atoms. The predicted molar refractivity (Wildman–Crippen MR) is 124 cm³/mol. The van der Waals surface area contributed by atoms with Crippen LogP contribution in [0.5, 0.6) is 11.5 Å². The van der Waals surface area contributed by atoms with E-state index < -0.39 is 0 Å². The molecule has 1 atom stereocenters. The number of nitrogens with one attached hydrogen (secondary N) is 1. The molecule has 1 aliphatic heterocycles. The number of methoxy groups -OCH3 is 1. The Morgan fingerprint density at radius 1 is 1.00 bits per heavy atom. The highest BCUT2D eigenvalue weighted by Gasteiger charge is 2.31. The minimum atomic E-state index is -0.0535. The molecule has 0 radical (unpaired) electrons. The van der Waals surface area contributed by atoms with E-state index in [-0.39, 0.29) is 11.4 Å². The highest BCUT2D eigenvalue weighted by atomic mass is 32.2. The zero-order valence-electron chi connectivity index (χ0n) is 17.5. The first kappa shape index (κ1) is 21.1. The number of thioether (sulfide) groups is 1. The molecule has 3 aromatic carbocycles. The van der Waals surface area contributed by atoms with E-state index in [0.29, 0.717) is 31.2 Å². The van der Waals surface area contributed by atoms with Gasteiger partial charge in [0.25, 0.3) is 0 Å². The maximum absolute atomic E-state index is 12.8. The van der Waals surface area contributed by atoms with Gasteiger partial charge >= 0.3 is 6.03 Å². The van der Waals surface area contributed by atoms with Crippen molar-refractivity contribution in [3.8, 4) is 11.5 Å². The topological polar surface area (TPSA) is 50.8 Å². The quantitative estimate of drug-likeness (QED) is 0.553. The zero-order chi connectivity index (χ0) is 21.5. The molecule has 0 aromatic heterocycles. The standard InChI is InChI=1S/C25H26N2O3S/c1-29-23-16-21(12-13-22(23)30-18-20-10-6-3-7-11-20)24-27(14-15-31-24)25(28)26-17-19-8-4-2-5-9-19/h2-13,16,24H,14-15,17-18H2,1H3,(H,26,28). The van der Waals surface area contributed by atoms with Gasteiger partial charge in [0, 0.05) is 18.8 Å². The van der Waals surface area contributed by atoms with Gasteiger partial charge in [0.1, 0.15) is 12.0 Å². The molecule has 1 saturated heterocycles. The van der Waals surface area contributed by atoms with E-state index in [1.165, 1.54) is 0 Å². The first-order chi connectivity index (χ1) is 15.2. The van der Waals surface area contributed by atoms with E-state index in [4.69, 9.17) is 9.47 Å². The lowest BCUT2D eigenvalue weighted by molar-refractivity contribution is 0.199. The summed E-state index contributed by atoms with van der Waals surface area (Å²) in [7, 11) is 1.64. The second kappa shape index (κ2) is 10.3. The summed E-state index contributed by atoms with van der Waals surface area (Å²) in [5, 5.41) is 2.99. The third-order valence-corrected chi connectivity index (χ3v) is 6.41. The summed E-state index contributed by atoms with van der Waals surface area (Å²) in [6.45, 7) is 1.70. The molecule has 160 valence electrons. The van der Waals surface area contributed by atoms with Crippen molar-refractivity contribution < 1.29 is 14.3 Å². The lowest BCUT2D eigenvalue weighted by Crippen LogP contribution is -2.39. The minimum absolute atomic E-state index is 0.0483. The summed E-state index contributed by atoms with van der Waals surface area (Å²) < 4.78 is 11.6. The van der Waals surface area contributed by atoms with Crippen molar-refractivity contribution in [2.24, 2.45) is 0 Å². The van der Waals surface area contributed by atoms with E-state index in [1.807, 2.05) is 83.8 Å².